The summed E-state index contributed by atoms with van der Waals surface area (Å²) in [5, 5.41) is 6.64. The van der Waals surface area contributed by atoms with Crippen molar-refractivity contribution in [3.63, 3.8) is 0 Å². The van der Waals surface area contributed by atoms with Crippen LogP contribution in [0.4, 0.5) is 0 Å². The lowest BCUT2D eigenvalue weighted by atomic mass is 9.91. The Hall–Kier alpha value is -1.88. The third-order valence-electron chi connectivity index (χ3n) is 6.25. The number of likely N-dealkylation sites (tertiary alicyclic amines) is 1. The minimum absolute atomic E-state index is 0.0984. The average Bonchev–Trinajstić information content (AvgIpc) is 3.36. The standard InChI is InChI=1S/C20H27N3O2/c24-18(17-14-20(17)8-10-21-11-9-20)22-16-6-12-23(13-7-16)19(25)15-4-2-1-3-5-15/h1-5,16-17,21H,6-14H2,(H,22,24). The van der Waals surface area contributed by atoms with Gasteiger partial charge in [0.2, 0.25) is 5.91 Å². The van der Waals surface area contributed by atoms with E-state index >= 15 is 0 Å². The highest BCUT2D eigenvalue weighted by atomic mass is 16.2. The monoisotopic (exact) mass is 341 g/mol. The zero-order valence-electron chi connectivity index (χ0n) is 14.7. The van der Waals surface area contributed by atoms with Gasteiger partial charge in [0.25, 0.3) is 5.91 Å². The van der Waals surface area contributed by atoms with Gasteiger partial charge in [0.1, 0.15) is 0 Å². The molecule has 4 rings (SSSR count). The van der Waals surface area contributed by atoms with Gasteiger partial charge < -0.3 is 15.5 Å². The number of rotatable bonds is 3. The van der Waals surface area contributed by atoms with Gasteiger partial charge in [-0.1, -0.05) is 18.2 Å². The summed E-state index contributed by atoms with van der Waals surface area (Å²) < 4.78 is 0. The molecule has 5 heteroatoms. The first-order valence-corrected chi connectivity index (χ1v) is 9.53. The maximum absolute atomic E-state index is 12.6. The lowest BCUT2D eigenvalue weighted by molar-refractivity contribution is -0.124. The molecule has 1 spiro atoms. The first-order chi connectivity index (χ1) is 12.2. The van der Waals surface area contributed by atoms with Crippen LogP contribution in [0, 0.1) is 11.3 Å². The minimum Gasteiger partial charge on any atom is -0.353 e. The van der Waals surface area contributed by atoms with E-state index in [1.54, 1.807) is 0 Å². The van der Waals surface area contributed by atoms with E-state index < -0.39 is 0 Å². The number of nitrogens with zero attached hydrogens (tertiary/aromatic N) is 1. The van der Waals surface area contributed by atoms with Crippen molar-refractivity contribution >= 4 is 11.8 Å². The molecule has 0 bridgehead atoms. The maximum Gasteiger partial charge on any atom is 0.253 e. The molecular weight excluding hydrogens is 314 g/mol. The van der Waals surface area contributed by atoms with Crippen molar-refractivity contribution in [2.45, 2.75) is 38.1 Å². The molecular formula is C20H27N3O2. The van der Waals surface area contributed by atoms with Gasteiger partial charge >= 0.3 is 0 Å². The highest BCUT2D eigenvalue weighted by Gasteiger charge is 2.57. The predicted octanol–water partition coefficient (Wildman–Crippen LogP) is 1.80. The van der Waals surface area contributed by atoms with Crippen LogP contribution < -0.4 is 10.6 Å². The van der Waals surface area contributed by atoms with Crippen LogP contribution in [-0.2, 0) is 4.79 Å². The Balaban J connectivity index is 1.25. The van der Waals surface area contributed by atoms with Crippen LogP contribution in [0.3, 0.4) is 0 Å². The quantitative estimate of drug-likeness (QED) is 0.881. The van der Waals surface area contributed by atoms with Crippen molar-refractivity contribution in [3.8, 4) is 0 Å². The van der Waals surface area contributed by atoms with Gasteiger partial charge in [0, 0.05) is 30.6 Å². The van der Waals surface area contributed by atoms with Crippen molar-refractivity contribution in [2.75, 3.05) is 26.2 Å². The molecule has 2 heterocycles. The van der Waals surface area contributed by atoms with E-state index in [1.807, 2.05) is 35.2 Å². The smallest absolute Gasteiger partial charge is 0.253 e. The molecule has 5 nitrogen and oxygen atoms in total. The van der Waals surface area contributed by atoms with Crippen molar-refractivity contribution in [1.29, 1.82) is 0 Å². The summed E-state index contributed by atoms with van der Waals surface area (Å²) >= 11 is 0. The van der Waals surface area contributed by atoms with Gasteiger partial charge in [-0.2, -0.15) is 0 Å². The molecule has 1 saturated carbocycles. The van der Waals surface area contributed by atoms with E-state index in [0.29, 0.717) is 5.41 Å². The number of hydrogen-bond acceptors (Lipinski definition) is 3. The van der Waals surface area contributed by atoms with Crippen molar-refractivity contribution < 1.29 is 9.59 Å². The van der Waals surface area contributed by atoms with Crippen LogP contribution in [-0.4, -0.2) is 48.9 Å². The third kappa shape index (κ3) is 3.43. The Morgan fingerprint density at radius 2 is 1.76 bits per heavy atom. The summed E-state index contributed by atoms with van der Waals surface area (Å²) in [5.74, 6) is 0.564. The van der Waals surface area contributed by atoms with Crippen molar-refractivity contribution in [2.24, 2.45) is 11.3 Å². The molecule has 0 radical (unpaired) electrons. The molecule has 1 atom stereocenters. The first-order valence-electron chi connectivity index (χ1n) is 9.53. The van der Waals surface area contributed by atoms with Crippen LogP contribution in [0.15, 0.2) is 30.3 Å². The van der Waals surface area contributed by atoms with Gasteiger partial charge in [-0.15, -0.1) is 0 Å². The van der Waals surface area contributed by atoms with Gasteiger partial charge in [0.15, 0.2) is 0 Å². The van der Waals surface area contributed by atoms with Gasteiger partial charge in [-0.05, 0) is 62.7 Å². The van der Waals surface area contributed by atoms with Gasteiger partial charge in [0.05, 0.1) is 0 Å². The summed E-state index contributed by atoms with van der Waals surface area (Å²) in [6, 6.07) is 9.65. The SMILES string of the molecule is O=C(NC1CCN(C(=O)c2ccccc2)CC1)C1CC12CCNCC2. The number of piperidine rings is 2. The Morgan fingerprint density at radius 3 is 2.44 bits per heavy atom. The van der Waals surface area contributed by atoms with Crippen LogP contribution in [0.25, 0.3) is 0 Å². The molecule has 134 valence electrons. The Labute approximate surface area is 149 Å². The van der Waals surface area contributed by atoms with Crippen molar-refractivity contribution in [1.82, 2.24) is 15.5 Å². The molecule has 3 aliphatic rings. The molecule has 1 aromatic carbocycles. The lowest BCUT2D eigenvalue weighted by Crippen LogP contribution is -2.47. The second-order valence-corrected chi connectivity index (χ2v) is 7.81. The molecule has 2 N–H and O–H groups in total. The van der Waals surface area contributed by atoms with E-state index in [1.165, 1.54) is 0 Å². The van der Waals surface area contributed by atoms with Crippen LogP contribution in [0.1, 0.15) is 42.5 Å². The van der Waals surface area contributed by atoms with E-state index in [9.17, 15) is 9.59 Å². The second kappa shape index (κ2) is 6.79. The lowest BCUT2D eigenvalue weighted by Gasteiger charge is -2.33. The second-order valence-electron chi connectivity index (χ2n) is 7.81. The normalized spacial score (nSPS) is 25.6. The number of carbonyl (C=O) groups is 2. The molecule has 2 aliphatic heterocycles. The Morgan fingerprint density at radius 1 is 1.08 bits per heavy atom. The molecule has 0 aromatic heterocycles. The predicted molar refractivity (Wildman–Crippen MR) is 96.2 cm³/mol. The molecule has 2 amide bonds. The fraction of sp³-hybridized carbons (Fsp3) is 0.600. The Kier molecular flexibility index (Phi) is 4.50. The summed E-state index contributed by atoms with van der Waals surface area (Å²) in [6.45, 7) is 3.53. The summed E-state index contributed by atoms with van der Waals surface area (Å²) in [5.41, 5.74) is 1.04. The zero-order valence-corrected chi connectivity index (χ0v) is 14.7. The number of amides is 2. The fourth-order valence-corrected chi connectivity index (χ4v) is 4.49. The van der Waals surface area contributed by atoms with Gasteiger partial charge in [-0.25, -0.2) is 0 Å². The van der Waals surface area contributed by atoms with Gasteiger partial charge in [-0.3, -0.25) is 9.59 Å². The molecule has 25 heavy (non-hydrogen) atoms. The van der Waals surface area contributed by atoms with E-state index in [-0.39, 0.29) is 23.8 Å². The number of carbonyl (C=O) groups excluding carboxylic acids is 2. The number of nitrogens with one attached hydrogen (secondary N) is 2. The summed E-state index contributed by atoms with van der Waals surface area (Å²) in [6.07, 6.45) is 5.03. The molecule has 1 unspecified atom stereocenters. The average molecular weight is 341 g/mol. The zero-order chi connectivity index (χ0) is 17.3. The molecule has 3 fully saturated rings. The summed E-state index contributed by atoms with van der Waals surface area (Å²) in [4.78, 5) is 27.0. The molecule has 2 saturated heterocycles. The first kappa shape index (κ1) is 16.6. The van der Waals surface area contributed by atoms with E-state index in [2.05, 4.69) is 10.6 Å². The van der Waals surface area contributed by atoms with Crippen LogP contribution in [0.5, 0.6) is 0 Å². The molecule has 1 aliphatic carbocycles. The Bertz CT molecular complexity index is 632. The highest BCUT2D eigenvalue weighted by molar-refractivity contribution is 5.94. The maximum atomic E-state index is 12.6. The largest absolute Gasteiger partial charge is 0.353 e. The number of hydrogen-bond donors (Lipinski definition) is 2. The topological polar surface area (TPSA) is 61.4 Å². The highest BCUT2D eigenvalue weighted by Crippen LogP contribution is 2.58. The fourth-order valence-electron chi connectivity index (χ4n) is 4.49. The van der Waals surface area contributed by atoms with E-state index in [4.69, 9.17) is 0 Å². The van der Waals surface area contributed by atoms with Crippen molar-refractivity contribution in [3.05, 3.63) is 35.9 Å². The third-order valence-corrected chi connectivity index (χ3v) is 6.25. The molecule has 1 aromatic rings. The summed E-state index contributed by atoms with van der Waals surface area (Å²) in [7, 11) is 0. The van der Waals surface area contributed by atoms with E-state index in [0.717, 1.165) is 63.8 Å². The minimum atomic E-state index is 0.0984. The van der Waals surface area contributed by atoms with Crippen LogP contribution in [0.2, 0.25) is 0 Å². The van der Waals surface area contributed by atoms with Crippen LogP contribution >= 0.6 is 0 Å². The number of benzene rings is 1.